The van der Waals surface area contributed by atoms with Crippen molar-refractivity contribution in [1.29, 1.82) is 0 Å². The highest BCUT2D eigenvalue weighted by Crippen LogP contribution is 2.20. The van der Waals surface area contributed by atoms with Crippen LogP contribution in [0.3, 0.4) is 0 Å². The Morgan fingerprint density at radius 1 is 1.37 bits per heavy atom. The molecule has 0 bridgehead atoms. The van der Waals surface area contributed by atoms with Crippen molar-refractivity contribution in [2.24, 2.45) is 5.73 Å². The van der Waals surface area contributed by atoms with Gasteiger partial charge in [-0.1, -0.05) is 12.1 Å². The third-order valence-corrected chi connectivity index (χ3v) is 3.34. The van der Waals surface area contributed by atoms with Crippen molar-refractivity contribution in [3.05, 3.63) is 46.4 Å². The highest BCUT2D eigenvalue weighted by molar-refractivity contribution is 7.07. The van der Waals surface area contributed by atoms with Crippen molar-refractivity contribution in [2.75, 3.05) is 5.32 Å². The van der Waals surface area contributed by atoms with Gasteiger partial charge in [-0.3, -0.25) is 9.59 Å². The number of nitrogens with one attached hydrogen (secondary N) is 1. The lowest BCUT2D eigenvalue weighted by Gasteiger charge is -2.12. The summed E-state index contributed by atoms with van der Waals surface area (Å²) in [5.41, 5.74) is 8.36. The van der Waals surface area contributed by atoms with E-state index in [4.69, 9.17) is 5.73 Å². The number of benzene rings is 1. The van der Waals surface area contributed by atoms with E-state index in [0.717, 1.165) is 0 Å². The third kappa shape index (κ3) is 2.97. The minimum Gasteiger partial charge on any atom is -0.366 e. The number of hydrogen-bond acceptors (Lipinski definition) is 4. The molecule has 0 spiro atoms. The molecule has 1 aromatic carbocycles. The van der Waals surface area contributed by atoms with Crippen LogP contribution in [0.4, 0.5) is 5.69 Å². The second-order valence-electron chi connectivity index (χ2n) is 4.03. The predicted octanol–water partition coefficient (Wildman–Crippen LogP) is 1.98. The van der Waals surface area contributed by atoms with Crippen molar-refractivity contribution in [2.45, 2.75) is 12.8 Å². The summed E-state index contributed by atoms with van der Waals surface area (Å²) in [5, 5.41) is 4.53. The molecule has 0 radical (unpaired) electrons. The molecule has 2 amide bonds. The highest BCUT2D eigenvalue weighted by atomic mass is 32.1. The lowest BCUT2D eigenvalue weighted by molar-refractivity contribution is -0.117. The fraction of sp³-hybridized carbons (Fsp3) is 0.154. The molecule has 0 aliphatic carbocycles. The average molecular weight is 275 g/mol. The van der Waals surface area contributed by atoms with Gasteiger partial charge < -0.3 is 11.1 Å². The zero-order valence-corrected chi connectivity index (χ0v) is 11.1. The normalized spacial score (nSPS) is 11.8. The summed E-state index contributed by atoms with van der Waals surface area (Å²) < 4.78 is 0. The molecule has 0 fully saturated rings. The van der Waals surface area contributed by atoms with Crippen LogP contribution in [0, 0.1) is 0 Å². The Morgan fingerprint density at radius 2 is 2.11 bits per heavy atom. The van der Waals surface area contributed by atoms with Crippen LogP contribution in [0.5, 0.6) is 0 Å². The molecule has 0 saturated carbocycles. The summed E-state index contributed by atoms with van der Waals surface area (Å²) >= 11 is 1.43. The maximum atomic E-state index is 12.1. The van der Waals surface area contributed by atoms with E-state index in [-0.39, 0.29) is 11.8 Å². The molecule has 1 aromatic heterocycles. The molecule has 98 valence electrons. The Hall–Kier alpha value is -2.21. The summed E-state index contributed by atoms with van der Waals surface area (Å²) in [7, 11) is 0. The Morgan fingerprint density at radius 3 is 2.74 bits per heavy atom. The molecule has 1 atom stereocenters. The number of nitrogens with zero attached hydrogens (tertiary/aromatic N) is 1. The van der Waals surface area contributed by atoms with Crippen molar-refractivity contribution >= 4 is 28.8 Å². The van der Waals surface area contributed by atoms with Gasteiger partial charge in [0.15, 0.2) is 0 Å². The first-order valence-electron chi connectivity index (χ1n) is 5.67. The number of primary amides is 1. The molecule has 2 aromatic rings. The van der Waals surface area contributed by atoms with Crippen LogP contribution in [-0.2, 0) is 4.79 Å². The first-order valence-corrected chi connectivity index (χ1v) is 6.61. The number of para-hydroxylation sites is 1. The molecule has 6 heteroatoms. The lowest BCUT2D eigenvalue weighted by atomic mass is 10.1. The smallest absolute Gasteiger partial charge is 0.250 e. The standard InChI is InChI=1S/C13H13N3O2S/c1-8(11-6-19-7-15-11)13(18)16-10-5-3-2-4-9(10)12(14)17/h2-8H,1H3,(H2,14,17)(H,16,18). The van der Waals surface area contributed by atoms with Crippen LogP contribution in [0.2, 0.25) is 0 Å². The molecule has 0 saturated heterocycles. The third-order valence-electron chi connectivity index (χ3n) is 2.74. The Bertz CT molecular complexity index is 596. The molecule has 19 heavy (non-hydrogen) atoms. The van der Waals surface area contributed by atoms with Gasteiger partial charge in [0.1, 0.15) is 0 Å². The van der Waals surface area contributed by atoms with Crippen LogP contribution in [0.25, 0.3) is 0 Å². The average Bonchev–Trinajstić information content (AvgIpc) is 2.92. The van der Waals surface area contributed by atoms with Crippen LogP contribution < -0.4 is 11.1 Å². The lowest BCUT2D eigenvalue weighted by Crippen LogP contribution is -2.22. The van der Waals surface area contributed by atoms with E-state index in [1.165, 1.54) is 11.3 Å². The molecule has 0 aliphatic rings. The van der Waals surface area contributed by atoms with E-state index in [1.807, 2.05) is 5.38 Å². The minimum absolute atomic E-state index is 0.223. The van der Waals surface area contributed by atoms with E-state index in [0.29, 0.717) is 16.9 Å². The monoisotopic (exact) mass is 275 g/mol. The van der Waals surface area contributed by atoms with Gasteiger partial charge >= 0.3 is 0 Å². The van der Waals surface area contributed by atoms with Gasteiger partial charge in [-0.05, 0) is 19.1 Å². The van der Waals surface area contributed by atoms with E-state index in [2.05, 4.69) is 10.3 Å². The van der Waals surface area contributed by atoms with Gasteiger partial charge in [0.2, 0.25) is 5.91 Å². The first-order chi connectivity index (χ1) is 9.09. The molecular formula is C13H13N3O2S. The van der Waals surface area contributed by atoms with Crippen LogP contribution >= 0.6 is 11.3 Å². The Balaban J connectivity index is 2.18. The maximum Gasteiger partial charge on any atom is 0.250 e. The van der Waals surface area contributed by atoms with E-state index in [9.17, 15) is 9.59 Å². The van der Waals surface area contributed by atoms with Gasteiger partial charge in [0.05, 0.1) is 28.4 Å². The molecule has 5 nitrogen and oxygen atoms in total. The topological polar surface area (TPSA) is 85.1 Å². The SMILES string of the molecule is CC(C(=O)Nc1ccccc1C(N)=O)c1cscn1. The molecular weight excluding hydrogens is 262 g/mol. The summed E-state index contributed by atoms with van der Waals surface area (Å²) in [6.07, 6.45) is 0. The number of nitrogens with two attached hydrogens (primary N) is 1. The number of hydrogen-bond donors (Lipinski definition) is 2. The van der Waals surface area contributed by atoms with Crippen molar-refractivity contribution in [3.8, 4) is 0 Å². The van der Waals surface area contributed by atoms with E-state index >= 15 is 0 Å². The number of anilines is 1. The van der Waals surface area contributed by atoms with Crippen LogP contribution in [-0.4, -0.2) is 16.8 Å². The second-order valence-corrected chi connectivity index (χ2v) is 4.75. The van der Waals surface area contributed by atoms with E-state index < -0.39 is 5.91 Å². The minimum atomic E-state index is -0.572. The molecule has 1 heterocycles. The Kier molecular flexibility index (Phi) is 3.91. The highest BCUT2D eigenvalue weighted by Gasteiger charge is 2.18. The Labute approximate surface area is 114 Å². The number of amides is 2. The largest absolute Gasteiger partial charge is 0.366 e. The van der Waals surface area contributed by atoms with Gasteiger partial charge in [0, 0.05) is 5.38 Å². The molecule has 1 unspecified atom stereocenters. The quantitative estimate of drug-likeness (QED) is 0.894. The maximum absolute atomic E-state index is 12.1. The number of rotatable bonds is 4. The van der Waals surface area contributed by atoms with Gasteiger partial charge in [-0.2, -0.15) is 0 Å². The van der Waals surface area contributed by atoms with Crippen LogP contribution in [0.1, 0.15) is 28.9 Å². The molecule has 2 rings (SSSR count). The van der Waals surface area contributed by atoms with Crippen molar-refractivity contribution < 1.29 is 9.59 Å². The summed E-state index contributed by atoms with van der Waals surface area (Å²) in [5.74, 6) is -1.18. The number of carbonyl (C=O) groups excluding carboxylic acids is 2. The summed E-state index contributed by atoms with van der Waals surface area (Å²) in [4.78, 5) is 27.5. The van der Waals surface area contributed by atoms with Crippen LogP contribution in [0.15, 0.2) is 35.2 Å². The molecule has 0 aliphatic heterocycles. The predicted molar refractivity (Wildman–Crippen MR) is 74.1 cm³/mol. The number of aromatic nitrogens is 1. The van der Waals surface area contributed by atoms with Gasteiger partial charge in [-0.15, -0.1) is 11.3 Å². The van der Waals surface area contributed by atoms with E-state index in [1.54, 1.807) is 36.7 Å². The number of carbonyl (C=O) groups is 2. The zero-order chi connectivity index (χ0) is 13.8. The fourth-order valence-corrected chi connectivity index (χ4v) is 2.27. The zero-order valence-electron chi connectivity index (χ0n) is 10.3. The molecule has 3 N–H and O–H groups in total. The second kappa shape index (κ2) is 5.62. The van der Waals surface area contributed by atoms with Crippen molar-refractivity contribution in [3.63, 3.8) is 0 Å². The summed E-state index contributed by atoms with van der Waals surface area (Å²) in [6.45, 7) is 1.76. The first kappa shape index (κ1) is 13.2. The van der Waals surface area contributed by atoms with Crippen molar-refractivity contribution in [1.82, 2.24) is 4.98 Å². The fourth-order valence-electron chi connectivity index (χ4n) is 1.62. The van der Waals surface area contributed by atoms with Gasteiger partial charge in [0.25, 0.3) is 5.91 Å². The number of thiazole rings is 1. The summed E-state index contributed by atoms with van der Waals surface area (Å²) in [6, 6.07) is 6.65. The van der Waals surface area contributed by atoms with Gasteiger partial charge in [-0.25, -0.2) is 4.98 Å².